The van der Waals surface area contributed by atoms with E-state index in [1.165, 1.54) is 10.9 Å². The molecule has 0 radical (unpaired) electrons. The summed E-state index contributed by atoms with van der Waals surface area (Å²) in [6, 6.07) is 4.00. The van der Waals surface area contributed by atoms with Gasteiger partial charge in [-0.3, -0.25) is 38.9 Å². The summed E-state index contributed by atoms with van der Waals surface area (Å²) in [7, 11) is 0. The molecule has 6 rings (SSSR count). The highest BCUT2D eigenvalue weighted by Gasteiger charge is 2.45. The summed E-state index contributed by atoms with van der Waals surface area (Å²) in [6.45, 7) is 1.19. The highest BCUT2D eigenvalue weighted by molar-refractivity contribution is 6.23. The number of nitrogens with two attached hydrogens (primary N) is 1. The zero-order chi connectivity index (χ0) is 30.4. The maximum absolute atomic E-state index is 13.2. The monoisotopic (exact) mass is 597 g/mol. The van der Waals surface area contributed by atoms with E-state index in [1.807, 2.05) is 0 Å². The van der Waals surface area contributed by atoms with Crippen LogP contribution in [0.2, 0.25) is 0 Å². The molecular weight excluding hydrogens is 564 g/mol. The lowest BCUT2D eigenvalue weighted by molar-refractivity contribution is -0.136. The van der Waals surface area contributed by atoms with E-state index in [9.17, 15) is 32.8 Å². The molecule has 3 fully saturated rings. The van der Waals surface area contributed by atoms with Crippen molar-refractivity contribution < 1.29 is 32.8 Å². The van der Waals surface area contributed by atoms with Gasteiger partial charge in [0.25, 0.3) is 18.2 Å². The summed E-state index contributed by atoms with van der Waals surface area (Å²) >= 11 is 0. The van der Waals surface area contributed by atoms with E-state index in [0.29, 0.717) is 38.8 Å². The Morgan fingerprint density at radius 1 is 0.977 bits per heavy atom. The Kier molecular flexibility index (Phi) is 7.61. The van der Waals surface area contributed by atoms with Gasteiger partial charge in [-0.2, -0.15) is 5.10 Å². The molecule has 1 aliphatic carbocycles. The van der Waals surface area contributed by atoms with Gasteiger partial charge in [-0.1, -0.05) is 0 Å². The van der Waals surface area contributed by atoms with E-state index in [1.54, 1.807) is 18.2 Å². The van der Waals surface area contributed by atoms with Gasteiger partial charge in [0.1, 0.15) is 6.04 Å². The number of anilines is 2. The van der Waals surface area contributed by atoms with Crippen LogP contribution in [-0.2, 0) is 14.4 Å². The van der Waals surface area contributed by atoms with Crippen LogP contribution < -0.4 is 21.3 Å². The van der Waals surface area contributed by atoms with Crippen LogP contribution in [0.25, 0.3) is 0 Å². The molecule has 5 amide bonds. The van der Waals surface area contributed by atoms with Gasteiger partial charge >= 0.3 is 0 Å². The lowest BCUT2D eigenvalue weighted by Gasteiger charge is -2.35. The molecular formula is C29H33F2N7O5. The number of nitrogen functional groups attached to an aromatic ring is 1. The van der Waals surface area contributed by atoms with E-state index in [2.05, 4.69) is 20.6 Å². The maximum atomic E-state index is 13.2. The topological polar surface area (TPSA) is 160 Å². The molecule has 1 unspecified atom stereocenters. The third kappa shape index (κ3) is 5.45. The molecule has 4 aliphatic rings. The van der Waals surface area contributed by atoms with Gasteiger partial charge in [0.15, 0.2) is 5.69 Å². The summed E-state index contributed by atoms with van der Waals surface area (Å²) in [5.41, 5.74) is 6.49. The first kappa shape index (κ1) is 28.7. The minimum absolute atomic E-state index is 0.000954. The van der Waals surface area contributed by atoms with Gasteiger partial charge in [0, 0.05) is 43.4 Å². The molecule has 43 heavy (non-hydrogen) atoms. The van der Waals surface area contributed by atoms with E-state index in [4.69, 9.17) is 5.73 Å². The zero-order valence-corrected chi connectivity index (χ0v) is 23.4. The highest BCUT2D eigenvalue weighted by atomic mass is 19.3. The van der Waals surface area contributed by atoms with Crippen LogP contribution in [0.1, 0.15) is 90.2 Å². The van der Waals surface area contributed by atoms with Gasteiger partial charge in [-0.15, -0.1) is 0 Å². The van der Waals surface area contributed by atoms with Crippen molar-refractivity contribution in [1.29, 1.82) is 0 Å². The SMILES string of the molecule is Nc1cn(C2CCC(NC(=O)C3CCN(c4ccc5c(c4)C(=O)N(C4CCC(=O)NC4=O)C5=O)CC3)CC2)nc1C(F)F. The Bertz CT molecular complexity index is 1480. The number of piperidine rings is 2. The van der Waals surface area contributed by atoms with Crippen LogP contribution in [0.4, 0.5) is 20.2 Å². The smallest absolute Gasteiger partial charge is 0.284 e. The van der Waals surface area contributed by atoms with Crippen LogP contribution in [0, 0.1) is 5.92 Å². The van der Waals surface area contributed by atoms with Crippen molar-refractivity contribution in [3.63, 3.8) is 0 Å². The first-order valence-corrected chi connectivity index (χ1v) is 14.6. The Morgan fingerprint density at radius 2 is 1.67 bits per heavy atom. The largest absolute Gasteiger partial charge is 0.396 e. The first-order chi connectivity index (χ1) is 20.6. The summed E-state index contributed by atoms with van der Waals surface area (Å²) in [5.74, 6) is -2.32. The van der Waals surface area contributed by atoms with E-state index < -0.39 is 41.8 Å². The van der Waals surface area contributed by atoms with Crippen LogP contribution in [0.3, 0.4) is 0 Å². The fourth-order valence-electron chi connectivity index (χ4n) is 6.64. The normalized spacial score (nSPS) is 24.9. The van der Waals surface area contributed by atoms with Crippen molar-refractivity contribution >= 4 is 40.9 Å². The summed E-state index contributed by atoms with van der Waals surface area (Å²) in [6.07, 6.45) is 2.99. The average molecular weight is 598 g/mol. The van der Waals surface area contributed by atoms with Gasteiger partial charge in [0.05, 0.1) is 22.9 Å². The Morgan fingerprint density at radius 3 is 2.33 bits per heavy atom. The number of hydrogen-bond donors (Lipinski definition) is 3. The van der Waals surface area contributed by atoms with Crippen LogP contribution in [0.5, 0.6) is 0 Å². The summed E-state index contributed by atoms with van der Waals surface area (Å²) in [5, 5.41) is 9.33. The molecule has 1 saturated carbocycles. The Labute approximate surface area is 245 Å². The van der Waals surface area contributed by atoms with Crippen molar-refractivity contribution in [2.75, 3.05) is 23.7 Å². The number of carbonyl (C=O) groups excluding carboxylic acids is 5. The van der Waals surface area contributed by atoms with Gasteiger partial charge in [0.2, 0.25) is 17.7 Å². The lowest BCUT2D eigenvalue weighted by Crippen LogP contribution is -2.54. The second-order valence-electron chi connectivity index (χ2n) is 11.7. The number of nitrogens with zero attached hydrogens (tertiary/aromatic N) is 4. The Balaban J connectivity index is 1.01. The molecule has 228 valence electrons. The maximum Gasteiger partial charge on any atom is 0.284 e. The van der Waals surface area contributed by atoms with Gasteiger partial charge in [-0.25, -0.2) is 8.78 Å². The molecule has 0 spiro atoms. The van der Waals surface area contributed by atoms with Crippen LogP contribution in [0.15, 0.2) is 24.4 Å². The number of aromatic nitrogens is 2. The van der Waals surface area contributed by atoms with E-state index in [-0.39, 0.29) is 53.6 Å². The quantitative estimate of drug-likeness (QED) is 0.428. The average Bonchev–Trinajstić information content (AvgIpc) is 3.50. The zero-order valence-electron chi connectivity index (χ0n) is 23.4. The van der Waals surface area contributed by atoms with Crippen LogP contribution in [-0.4, -0.2) is 69.4 Å². The molecule has 14 heteroatoms. The Hall–Kier alpha value is -4.36. The number of hydrogen-bond acceptors (Lipinski definition) is 8. The molecule has 12 nitrogen and oxygen atoms in total. The number of alkyl halides is 2. The summed E-state index contributed by atoms with van der Waals surface area (Å²) in [4.78, 5) is 66.1. The number of amides is 5. The highest BCUT2D eigenvalue weighted by Crippen LogP contribution is 2.34. The van der Waals surface area contributed by atoms with E-state index in [0.717, 1.165) is 23.4 Å². The number of benzene rings is 1. The molecule has 3 aliphatic heterocycles. The molecule has 2 aromatic rings. The third-order valence-electron chi connectivity index (χ3n) is 9.07. The van der Waals surface area contributed by atoms with Gasteiger partial charge in [-0.05, 0) is 63.1 Å². The number of fused-ring (bicyclic) bond motifs is 1. The number of halogens is 2. The van der Waals surface area contributed by atoms with Gasteiger partial charge < -0.3 is 16.0 Å². The fourth-order valence-corrected chi connectivity index (χ4v) is 6.64. The van der Waals surface area contributed by atoms with Crippen LogP contribution >= 0.6 is 0 Å². The minimum atomic E-state index is -2.71. The number of nitrogens with one attached hydrogen (secondary N) is 2. The second kappa shape index (κ2) is 11.4. The minimum Gasteiger partial charge on any atom is -0.396 e. The van der Waals surface area contributed by atoms with Crippen molar-refractivity contribution in [1.82, 2.24) is 25.3 Å². The molecule has 1 aromatic carbocycles. The third-order valence-corrected chi connectivity index (χ3v) is 9.07. The summed E-state index contributed by atoms with van der Waals surface area (Å²) < 4.78 is 27.6. The number of carbonyl (C=O) groups is 5. The predicted octanol–water partition coefficient (Wildman–Crippen LogP) is 2.32. The standard InChI is InChI=1S/C29H33F2N7O5/c30-25(31)24-21(32)14-37(35-24)17-3-1-16(2-4-17)33-26(40)15-9-11-36(12-10-15)18-5-6-19-20(13-18)29(43)38(28(19)42)22-7-8-23(39)34-27(22)41/h5-6,13-17,22,25H,1-4,7-12,32H2,(H,33,40)(H,34,39,41). The second-order valence-corrected chi connectivity index (χ2v) is 11.7. The fraction of sp³-hybridized carbons (Fsp3) is 0.517. The lowest BCUT2D eigenvalue weighted by atomic mass is 9.89. The number of imide groups is 2. The van der Waals surface area contributed by atoms with E-state index >= 15 is 0 Å². The molecule has 4 heterocycles. The van der Waals surface area contributed by atoms with Crippen molar-refractivity contribution in [3.05, 3.63) is 41.2 Å². The van der Waals surface area contributed by atoms with Crippen molar-refractivity contribution in [2.45, 2.75) is 75.9 Å². The molecule has 1 aromatic heterocycles. The predicted molar refractivity (Wildman–Crippen MR) is 149 cm³/mol. The van der Waals surface area contributed by atoms with Crippen molar-refractivity contribution in [3.8, 4) is 0 Å². The molecule has 0 bridgehead atoms. The molecule has 1 atom stereocenters. The first-order valence-electron chi connectivity index (χ1n) is 14.6. The number of rotatable bonds is 6. The van der Waals surface area contributed by atoms with Crippen molar-refractivity contribution in [2.24, 2.45) is 5.92 Å². The molecule has 4 N–H and O–H groups in total. The molecule has 2 saturated heterocycles.